The van der Waals surface area contributed by atoms with E-state index in [-0.39, 0.29) is 38.5 Å². The maximum atomic E-state index is 12.0. The summed E-state index contributed by atoms with van der Waals surface area (Å²) in [6.07, 6.45) is 2.28. The fourth-order valence-corrected chi connectivity index (χ4v) is 1.47. The van der Waals surface area contributed by atoms with Crippen LogP contribution in [0.25, 0.3) is 0 Å². The van der Waals surface area contributed by atoms with Gasteiger partial charge in [-0.2, -0.15) is 31.0 Å². The number of hydrogen-bond acceptors (Lipinski definition) is 1. The zero-order valence-electron chi connectivity index (χ0n) is 12.0. The van der Waals surface area contributed by atoms with Crippen LogP contribution in [0.4, 0.5) is 0 Å². The Morgan fingerprint density at radius 2 is 1.55 bits per heavy atom. The maximum Gasteiger partial charge on any atom is 0.180 e. The molecule has 0 bridgehead atoms. The Balaban J connectivity index is 0.000000644. The number of benzene rings is 2. The van der Waals surface area contributed by atoms with Gasteiger partial charge >= 0.3 is 0 Å². The van der Waals surface area contributed by atoms with Gasteiger partial charge in [0, 0.05) is 38.3 Å². The van der Waals surface area contributed by atoms with Crippen molar-refractivity contribution in [3.63, 3.8) is 0 Å². The van der Waals surface area contributed by atoms with Crippen LogP contribution < -0.4 is 0 Å². The topological polar surface area (TPSA) is 17.1 Å². The number of rotatable bonds is 3. The minimum absolute atomic E-state index is 0. The minimum atomic E-state index is 0. The predicted octanol–water partition coefficient (Wildman–Crippen LogP) is 4.72. The molecule has 0 unspecified atom stereocenters. The summed E-state index contributed by atoms with van der Waals surface area (Å²) in [5, 5.41) is 0. The first-order valence-electron chi connectivity index (χ1n) is 6.50. The second kappa shape index (κ2) is 10.8. The number of carbonyl (C=O) groups is 1. The molecule has 0 aromatic heterocycles. The monoisotopic (exact) mass is 341 g/mol. The molecular weight excluding hydrogens is 321 g/mol. The van der Waals surface area contributed by atoms with E-state index in [0.29, 0.717) is 11.1 Å². The molecule has 2 aromatic rings. The molecule has 0 fully saturated rings. The van der Waals surface area contributed by atoms with E-state index >= 15 is 0 Å². The van der Waals surface area contributed by atoms with Crippen LogP contribution in [-0.4, -0.2) is 5.78 Å². The summed E-state index contributed by atoms with van der Waals surface area (Å²) in [4.78, 5) is 12.0. The van der Waals surface area contributed by atoms with Gasteiger partial charge in [0.05, 0.1) is 0 Å². The number of ketones is 1. The molecule has 0 aliphatic carbocycles. The Labute approximate surface area is 147 Å². The van der Waals surface area contributed by atoms with Gasteiger partial charge in [0.25, 0.3) is 0 Å². The Kier molecular flexibility index (Phi) is 10.3. The van der Waals surface area contributed by atoms with E-state index in [9.17, 15) is 4.79 Å². The van der Waals surface area contributed by atoms with Crippen LogP contribution in [0.15, 0.2) is 54.6 Å². The first-order valence-corrected chi connectivity index (χ1v) is 6.50. The Bertz CT molecular complexity index is 504. The van der Waals surface area contributed by atoms with E-state index in [2.05, 4.69) is 20.8 Å². The number of unbranched alkanes of at least 4 members (excludes halogenated alkanes) is 1. The standard InChI is InChI=1S/C14H11O.C4H9.Y/c1-11-6-5-9-13(10-11)14(15)12-7-3-2-4-8-12;1-3-4-2;/h2-10H,1H2;1,3-4H2,2H3;/q2*-1;. The van der Waals surface area contributed by atoms with Crippen molar-refractivity contribution in [2.24, 2.45) is 0 Å². The smallest absolute Gasteiger partial charge is 0.180 e. The Morgan fingerprint density at radius 1 is 1.00 bits per heavy atom. The molecule has 103 valence electrons. The molecule has 0 saturated carbocycles. The van der Waals surface area contributed by atoms with Gasteiger partial charge in [0.2, 0.25) is 0 Å². The summed E-state index contributed by atoms with van der Waals surface area (Å²) < 4.78 is 0. The largest absolute Gasteiger partial charge is 0.343 e. The van der Waals surface area contributed by atoms with Crippen LogP contribution in [0.2, 0.25) is 0 Å². The predicted molar refractivity (Wildman–Crippen MR) is 81.0 cm³/mol. The third kappa shape index (κ3) is 6.50. The molecule has 1 radical (unpaired) electrons. The van der Waals surface area contributed by atoms with Crippen molar-refractivity contribution < 1.29 is 37.5 Å². The molecule has 2 aromatic carbocycles. The van der Waals surface area contributed by atoms with E-state index in [1.807, 2.05) is 48.5 Å². The van der Waals surface area contributed by atoms with Crippen LogP contribution in [0.3, 0.4) is 0 Å². The second-order valence-corrected chi connectivity index (χ2v) is 4.25. The molecule has 0 atom stereocenters. The average molecular weight is 341 g/mol. The summed E-state index contributed by atoms with van der Waals surface area (Å²) in [5.41, 5.74) is 2.26. The molecule has 0 aliphatic rings. The molecule has 20 heavy (non-hydrogen) atoms. The van der Waals surface area contributed by atoms with Crippen molar-refractivity contribution in [1.29, 1.82) is 0 Å². The molecule has 0 aliphatic heterocycles. The Morgan fingerprint density at radius 3 is 2.05 bits per heavy atom. The summed E-state index contributed by atoms with van der Waals surface area (Å²) in [6.45, 7) is 9.53. The van der Waals surface area contributed by atoms with Crippen LogP contribution in [0, 0.1) is 13.8 Å². The molecule has 0 N–H and O–H groups in total. The number of hydrogen-bond donors (Lipinski definition) is 0. The average Bonchev–Trinajstić information content (AvgIpc) is 2.47. The van der Waals surface area contributed by atoms with Crippen LogP contribution in [0.5, 0.6) is 0 Å². The van der Waals surface area contributed by atoms with E-state index < -0.39 is 0 Å². The van der Waals surface area contributed by atoms with Crippen molar-refractivity contribution in [2.75, 3.05) is 0 Å². The summed E-state index contributed by atoms with van der Waals surface area (Å²) >= 11 is 0. The molecule has 0 heterocycles. The van der Waals surface area contributed by atoms with Crippen molar-refractivity contribution in [3.05, 3.63) is 85.1 Å². The summed E-state index contributed by atoms with van der Waals surface area (Å²) in [6, 6.07) is 16.6. The number of carbonyl (C=O) groups excluding carboxylic acids is 1. The van der Waals surface area contributed by atoms with E-state index in [0.717, 1.165) is 12.0 Å². The van der Waals surface area contributed by atoms with Crippen LogP contribution >= 0.6 is 0 Å². The van der Waals surface area contributed by atoms with Gasteiger partial charge in [0.1, 0.15) is 0 Å². The van der Waals surface area contributed by atoms with Gasteiger partial charge in [0.15, 0.2) is 5.78 Å². The fraction of sp³-hybridized carbons (Fsp3) is 0.167. The van der Waals surface area contributed by atoms with Crippen molar-refractivity contribution in [2.45, 2.75) is 19.8 Å². The third-order valence-corrected chi connectivity index (χ3v) is 2.58. The molecule has 0 saturated heterocycles. The first kappa shape index (κ1) is 19.1. The molecule has 2 rings (SSSR count). The molecule has 0 spiro atoms. The van der Waals surface area contributed by atoms with Crippen molar-refractivity contribution in [1.82, 2.24) is 0 Å². The first-order chi connectivity index (χ1) is 9.19. The molecule has 2 heteroatoms. The van der Waals surface area contributed by atoms with Gasteiger partial charge in [-0.25, -0.2) is 0 Å². The molecular formula is C18H20OY-2. The summed E-state index contributed by atoms with van der Waals surface area (Å²) in [7, 11) is 0. The van der Waals surface area contributed by atoms with Gasteiger partial charge in [-0.05, 0) is 5.56 Å². The van der Waals surface area contributed by atoms with Gasteiger partial charge in [-0.1, -0.05) is 49.7 Å². The SMILES string of the molecule is [CH2-]CCC.[CH2-]c1cccc(C(=O)c2ccccc2)c1.[Y]. The third-order valence-electron chi connectivity index (χ3n) is 2.58. The van der Waals surface area contributed by atoms with E-state index in [4.69, 9.17) is 0 Å². The van der Waals surface area contributed by atoms with Crippen LogP contribution in [0.1, 0.15) is 41.3 Å². The zero-order chi connectivity index (χ0) is 14.1. The van der Waals surface area contributed by atoms with Crippen LogP contribution in [-0.2, 0) is 32.7 Å². The van der Waals surface area contributed by atoms with Gasteiger partial charge in [-0.3, -0.25) is 4.79 Å². The van der Waals surface area contributed by atoms with E-state index in [1.165, 1.54) is 6.42 Å². The minimum Gasteiger partial charge on any atom is -0.343 e. The Hall–Kier alpha value is -0.916. The molecule has 1 nitrogen and oxygen atoms in total. The molecule has 0 amide bonds. The zero-order valence-corrected chi connectivity index (χ0v) is 14.8. The van der Waals surface area contributed by atoms with Gasteiger partial charge < -0.3 is 6.92 Å². The normalized spacial score (nSPS) is 8.90. The van der Waals surface area contributed by atoms with E-state index in [1.54, 1.807) is 6.07 Å². The van der Waals surface area contributed by atoms with Crippen molar-refractivity contribution in [3.8, 4) is 0 Å². The maximum absolute atomic E-state index is 12.0. The van der Waals surface area contributed by atoms with Crippen molar-refractivity contribution >= 4 is 5.78 Å². The summed E-state index contributed by atoms with van der Waals surface area (Å²) in [5.74, 6) is 0.0427. The van der Waals surface area contributed by atoms with Gasteiger partial charge in [-0.15, -0.1) is 6.07 Å². The second-order valence-electron chi connectivity index (χ2n) is 4.25. The fourth-order valence-electron chi connectivity index (χ4n) is 1.47. The quantitative estimate of drug-likeness (QED) is 0.583.